The van der Waals surface area contributed by atoms with E-state index in [1.54, 1.807) is 0 Å². The number of allylic oxidation sites excluding steroid dienone is 2. The van der Waals surface area contributed by atoms with Crippen molar-refractivity contribution in [3.63, 3.8) is 0 Å². The van der Waals surface area contributed by atoms with Crippen LogP contribution in [0.3, 0.4) is 0 Å². The normalized spacial score (nSPS) is 16.3. The Morgan fingerprint density at radius 1 is 0.894 bits per heavy atom. The topological polar surface area (TPSA) is 44.9 Å². The maximum atomic E-state index is 6.59. The monoisotopic (exact) mass is 801 g/mol. The average Bonchev–Trinajstić information content (AvgIpc) is 3.60. The van der Waals surface area contributed by atoms with Crippen LogP contribution in [0, 0.1) is 25.0 Å². The van der Waals surface area contributed by atoms with Gasteiger partial charge in [0.05, 0.1) is 5.69 Å². The Balaban J connectivity index is 0.00000386. The van der Waals surface area contributed by atoms with Crippen molar-refractivity contribution in [3.05, 3.63) is 119 Å². The maximum absolute atomic E-state index is 6.59. The fourth-order valence-corrected chi connectivity index (χ4v) is 7.39. The van der Waals surface area contributed by atoms with Crippen LogP contribution in [-0.4, -0.2) is 19.3 Å². The molecule has 0 saturated heterocycles. The molecule has 0 N–H and O–H groups in total. The Bertz CT molecular complexity index is 2100. The first-order chi connectivity index (χ1) is 22.4. The minimum atomic E-state index is 0. The molecule has 1 aliphatic carbocycles. The van der Waals surface area contributed by atoms with Crippen molar-refractivity contribution in [1.82, 2.24) is 19.3 Å². The standard InChI is InChI=1S/C41H42N4O.Pt/c1-7-29-22-30(45-36(9-3)41(35(8-2)43-45)40-27(5)13-12-14-28(40)6)24-32(23-29)46-31-17-18-34-33-15-10-11-16-37(33)44(38(34)25-31)39-21-26(4)19-20-42-39;/h10-11,13,15-23,28,40H,7-9,12,14H2,1-6H3;/q-2;+2/t28-,40?;/m0./s1. The first-order valence-electron chi connectivity index (χ1n) is 16.8. The molecule has 2 atom stereocenters. The smallest absolute Gasteiger partial charge is 0.509 e. The second-order valence-corrected chi connectivity index (χ2v) is 12.7. The zero-order valence-electron chi connectivity index (χ0n) is 28.1. The van der Waals surface area contributed by atoms with Gasteiger partial charge >= 0.3 is 21.1 Å². The Kier molecular flexibility index (Phi) is 9.57. The van der Waals surface area contributed by atoms with Gasteiger partial charge < -0.3 is 9.30 Å². The molecule has 6 heteroatoms. The molecule has 1 unspecified atom stereocenters. The fraction of sp³-hybridized carbons (Fsp3) is 0.317. The SMILES string of the molecule is CCc1cc(Oc2[c-]c3c(cc2)c2ccccc2n3-c2cc(C)ccn2)[c-]c(-n2nc(CC)c(C3C(C)=CCC[C@@H]3C)c2CC)c1.[Pt+2]. The van der Waals surface area contributed by atoms with E-state index < -0.39 is 0 Å². The van der Waals surface area contributed by atoms with E-state index in [4.69, 9.17) is 14.8 Å². The van der Waals surface area contributed by atoms with E-state index in [0.29, 0.717) is 23.3 Å². The molecule has 0 bridgehead atoms. The second-order valence-electron chi connectivity index (χ2n) is 12.7. The molecule has 0 fully saturated rings. The van der Waals surface area contributed by atoms with Gasteiger partial charge in [0.15, 0.2) is 0 Å². The Labute approximate surface area is 292 Å². The zero-order chi connectivity index (χ0) is 31.9. The minimum absolute atomic E-state index is 0. The van der Waals surface area contributed by atoms with Crippen molar-refractivity contribution in [3.8, 4) is 23.0 Å². The van der Waals surface area contributed by atoms with Crippen LogP contribution in [0.1, 0.15) is 81.5 Å². The maximum Gasteiger partial charge on any atom is 2.00 e. The van der Waals surface area contributed by atoms with Crippen molar-refractivity contribution in [2.45, 2.75) is 79.6 Å². The second kappa shape index (κ2) is 13.6. The number of para-hydroxylation sites is 1. The van der Waals surface area contributed by atoms with E-state index >= 15 is 0 Å². The van der Waals surface area contributed by atoms with Crippen LogP contribution < -0.4 is 4.74 Å². The van der Waals surface area contributed by atoms with Gasteiger partial charge in [-0.15, -0.1) is 35.7 Å². The van der Waals surface area contributed by atoms with Crippen molar-refractivity contribution < 1.29 is 25.8 Å². The van der Waals surface area contributed by atoms with Crippen molar-refractivity contribution in [1.29, 1.82) is 0 Å². The predicted octanol–water partition coefficient (Wildman–Crippen LogP) is 10.2. The first kappa shape index (κ1) is 33.0. The van der Waals surface area contributed by atoms with Crippen LogP contribution in [0.15, 0.2) is 78.5 Å². The molecule has 0 saturated carbocycles. The van der Waals surface area contributed by atoms with Crippen LogP contribution in [-0.2, 0) is 40.3 Å². The van der Waals surface area contributed by atoms with Crippen molar-refractivity contribution >= 4 is 21.8 Å². The minimum Gasteiger partial charge on any atom is -0.509 e. The van der Waals surface area contributed by atoms with E-state index in [1.165, 1.54) is 40.9 Å². The Hall–Kier alpha value is -3.95. The van der Waals surface area contributed by atoms with Gasteiger partial charge in [-0.1, -0.05) is 69.5 Å². The molecule has 7 rings (SSSR count). The molecular formula is C41H42N4OPt. The van der Waals surface area contributed by atoms with E-state index in [-0.39, 0.29) is 21.1 Å². The van der Waals surface area contributed by atoms with Gasteiger partial charge in [0.25, 0.3) is 0 Å². The number of nitrogens with zero attached hydrogens (tertiary/aromatic N) is 4. The zero-order valence-corrected chi connectivity index (χ0v) is 30.4. The number of fused-ring (bicyclic) bond motifs is 3. The van der Waals surface area contributed by atoms with Gasteiger partial charge in [0, 0.05) is 40.4 Å². The number of hydrogen-bond donors (Lipinski definition) is 0. The number of aryl methyl sites for hydroxylation is 3. The summed E-state index contributed by atoms with van der Waals surface area (Å²) in [5.41, 5.74) is 10.7. The summed E-state index contributed by atoms with van der Waals surface area (Å²) in [6, 6.07) is 28.2. The molecule has 1 aliphatic rings. The quantitative estimate of drug-likeness (QED) is 0.114. The van der Waals surface area contributed by atoms with Crippen LogP contribution in [0.25, 0.3) is 33.3 Å². The fourth-order valence-electron chi connectivity index (χ4n) is 7.39. The van der Waals surface area contributed by atoms with Gasteiger partial charge in [-0.05, 0) is 80.3 Å². The molecule has 0 aliphatic heterocycles. The molecule has 5 nitrogen and oxygen atoms in total. The molecule has 6 aromatic rings. The third kappa shape index (κ3) is 6.00. The van der Waals surface area contributed by atoms with Crippen LogP contribution in [0.2, 0.25) is 0 Å². The summed E-state index contributed by atoms with van der Waals surface area (Å²) in [6.45, 7) is 13.4. The summed E-state index contributed by atoms with van der Waals surface area (Å²) >= 11 is 0. The number of hydrogen-bond acceptors (Lipinski definition) is 3. The molecule has 3 heterocycles. The number of pyridine rings is 1. The Morgan fingerprint density at radius 3 is 2.47 bits per heavy atom. The number of aromatic nitrogens is 4. The third-order valence-electron chi connectivity index (χ3n) is 9.66. The van der Waals surface area contributed by atoms with E-state index in [1.807, 2.05) is 18.3 Å². The molecular weight excluding hydrogens is 760 g/mol. The van der Waals surface area contributed by atoms with Gasteiger partial charge in [-0.3, -0.25) is 4.68 Å². The summed E-state index contributed by atoms with van der Waals surface area (Å²) in [5.74, 6) is 3.18. The summed E-state index contributed by atoms with van der Waals surface area (Å²) in [4.78, 5) is 4.72. The van der Waals surface area contributed by atoms with Gasteiger partial charge in [-0.25, -0.2) is 4.98 Å². The van der Waals surface area contributed by atoms with E-state index in [2.05, 4.69) is 118 Å². The van der Waals surface area contributed by atoms with Gasteiger partial charge in [-0.2, -0.15) is 16.7 Å². The molecule has 0 spiro atoms. The first-order valence-corrected chi connectivity index (χ1v) is 16.8. The number of ether oxygens (including phenoxy) is 1. The molecule has 242 valence electrons. The molecule has 3 aromatic carbocycles. The van der Waals surface area contributed by atoms with Crippen molar-refractivity contribution in [2.75, 3.05) is 0 Å². The predicted molar refractivity (Wildman–Crippen MR) is 188 cm³/mol. The van der Waals surface area contributed by atoms with Gasteiger partial charge in [0.1, 0.15) is 5.82 Å². The van der Waals surface area contributed by atoms with E-state index in [0.717, 1.165) is 58.1 Å². The summed E-state index contributed by atoms with van der Waals surface area (Å²) in [6.07, 6.45) is 9.36. The molecule has 3 aromatic heterocycles. The third-order valence-corrected chi connectivity index (χ3v) is 9.66. The molecule has 47 heavy (non-hydrogen) atoms. The molecule has 0 amide bonds. The number of rotatable bonds is 8. The Morgan fingerprint density at radius 2 is 1.72 bits per heavy atom. The van der Waals surface area contributed by atoms with Crippen LogP contribution in [0.4, 0.5) is 0 Å². The van der Waals surface area contributed by atoms with E-state index in [9.17, 15) is 0 Å². The summed E-state index contributed by atoms with van der Waals surface area (Å²) in [7, 11) is 0. The summed E-state index contributed by atoms with van der Waals surface area (Å²) in [5, 5.41) is 7.52. The van der Waals surface area contributed by atoms with Crippen molar-refractivity contribution in [2.24, 2.45) is 5.92 Å². The van der Waals surface area contributed by atoms with Crippen LogP contribution in [0.5, 0.6) is 11.5 Å². The van der Waals surface area contributed by atoms with Crippen LogP contribution >= 0.6 is 0 Å². The average molecular weight is 802 g/mol. The van der Waals surface area contributed by atoms with Gasteiger partial charge in [0.2, 0.25) is 0 Å². The molecule has 0 radical (unpaired) electrons. The number of benzene rings is 3. The largest absolute Gasteiger partial charge is 2.00 e. The summed E-state index contributed by atoms with van der Waals surface area (Å²) < 4.78 is 10.9.